The Hall–Kier alpha value is -0.176. The van der Waals surface area contributed by atoms with Crippen molar-refractivity contribution in [1.82, 2.24) is 0 Å². The number of carbonyl (C=O) groups excluding carboxylic acids is 1. The number of rotatable bonds is 10. The second-order valence-electron chi connectivity index (χ2n) is 15.9. The van der Waals surface area contributed by atoms with Crippen molar-refractivity contribution >= 4 is 22.6 Å². The molecule has 226 valence electrons. The van der Waals surface area contributed by atoms with Gasteiger partial charge in [-0.1, -0.05) is 34.6 Å². The zero-order valence-corrected chi connectivity index (χ0v) is 29.2. The molecule has 0 aromatic carbocycles. The van der Waals surface area contributed by atoms with Gasteiger partial charge in [-0.25, -0.2) is 0 Å². The number of ether oxygens (including phenoxy) is 1. The van der Waals surface area contributed by atoms with Crippen LogP contribution in [0.15, 0.2) is 0 Å². The Bertz CT molecular complexity index is 861. The number of hydrogen-bond acceptors (Lipinski definition) is 4. The maximum Gasteiger partial charge on any atom is 0.305 e. The maximum atomic E-state index is 11.9. The standard InChI is InChI=1S/C33H62O4Si2/c1-11-38(7,8)36-25-17-19-32(4)24(21-25)22-29(37-39(9,10)12-2)31-27-15-14-26(23(3)13-16-30(34)35-6)33(27,5)20-18-28(31)32/h23-29,31H,11-22H2,1-10H3/t23-,24-,25-,26-,27+,28+,29+,31+,32+,33-/m1/s1. The van der Waals surface area contributed by atoms with Gasteiger partial charge in [-0.3, -0.25) is 4.79 Å². The quantitative estimate of drug-likeness (QED) is 0.192. The minimum Gasteiger partial charge on any atom is -0.469 e. The van der Waals surface area contributed by atoms with E-state index < -0.39 is 16.6 Å². The van der Waals surface area contributed by atoms with E-state index in [0.717, 1.165) is 24.2 Å². The summed E-state index contributed by atoms with van der Waals surface area (Å²) in [6, 6.07) is 2.40. The van der Waals surface area contributed by atoms with Crippen LogP contribution in [-0.2, 0) is 18.4 Å². The summed E-state index contributed by atoms with van der Waals surface area (Å²) in [5, 5.41) is 0. The van der Waals surface area contributed by atoms with Gasteiger partial charge in [-0.05, 0) is 142 Å². The molecule has 4 nitrogen and oxygen atoms in total. The number of hydrogen-bond donors (Lipinski definition) is 0. The molecule has 0 bridgehead atoms. The van der Waals surface area contributed by atoms with Gasteiger partial charge in [0, 0.05) is 18.6 Å². The van der Waals surface area contributed by atoms with Gasteiger partial charge in [-0.15, -0.1) is 0 Å². The van der Waals surface area contributed by atoms with Crippen LogP contribution in [0.4, 0.5) is 0 Å². The Morgan fingerprint density at radius 1 is 0.872 bits per heavy atom. The molecular weight excluding hydrogens is 517 g/mol. The van der Waals surface area contributed by atoms with Gasteiger partial charge in [0.2, 0.25) is 0 Å². The topological polar surface area (TPSA) is 44.8 Å². The molecule has 4 rings (SSSR count). The van der Waals surface area contributed by atoms with Gasteiger partial charge in [0.15, 0.2) is 16.6 Å². The first-order valence-electron chi connectivity index (χ1n) is 16.6. The minimum atomic E-state index is -1.70. The van der Waals surface area contributed by atoms with E-state index in [4.69, 9.17) is 13.6 Å². The molecule has 0 aliphatic heterocycles. The summed E-state index contributed by atoms with van der Waals surface area (Å²) in [7, 11) is -1.73. The summed E-state index contributed by atoms with van der Waals surface area (Å²) in [4.78, 5) is 11.9. The van der Waals surface area contributed by atoms with Crippen LogP contribution in [0.25, 0.3) is 0 Å². The van der Waals surface area contributed by atoms with E-state index in [1.807, 2.05) is 0 Å². The van der Waals surface area contributed by atoms with Gasteiger partial charge >= 0.3 is 5.97 Å². The first kappa shape index (κ1) is 31.8. The van der Waals surface area contributed by atoms with Gasteiger partial charge in [0.25, 0.3) is 0 Å². The molecule has 0 heterocycles. The van der Waals surface area contributed by atoms with Crippen molar-refractivity contribution in [2.75, 3.05) is 7.11 Å². The Labute approximate surface area is 243 Å². The molecule has 0 saturated heterocycles. The van der Waals surface area contributed by atoms with Crippen molar-refractivity contribution in [3.8, 4) is 0 Å². The van der Waals surface area contributed by atoms with Crippen LogP contribution in [0, 0.1) is 46.3 Å². The highest BCUT2D eigenvalue weighted by atomic mass is 28.4. The van der Waals surface area contributed by atoms with Crippen LogP contribution >= 0.6 is 0 Å². The summed E-state index contributed by atoms with van der Waals surface area (Å²) >= 11 is 0. The predicted molar refractivity (Wildman–Crippen MR) is 167 cm³/mol. The molecular formula is C33H62O4Si2. The molecule has 0 unspecified atom stereocenters. The fourth-order valence-corrected chi connectivity index (χ4v) is 12.6. The smallest absolute Gasteiger partial charge is 0.305 e. The number of carbonyl (C=O) groups is 1. The molecule has 0 radical (unpaired) electrons. The van der Waals surface area contributed by atoms with Crippen molar-refractivity contribution in [1.29, 1.82) is 0 Å². The van der Waals surface area contributed by atoms with E-state index in [2.05, 4.69) is 60.8 Å². The largest absolute Gasteiger partial charge is 0.469 e. The van der Waals surface area contributed by atoms with Crippen LogP contribution < -0.4 is 0 Å². The van der Waals surface area contributed by atoms with E-state index in [-0.39, 0.29) is 5.97 Å². The van der Waals surface area contributed by atoms with E-state index >= 15 is 0 Å². The van der Waals surface area contributed by atoms with Crippen molar-refractivity contribution in [3.63, 3.8) is 0 Å². The van der Waals surface area contributed by atoms with E-state index in [1.54, 1.807) is 0 Å². The number of methoxy groups -OCH3 is 1. The number of fused-ring (bicyclic) bond motifs is 5. The fraction of sp³-hybridized carbons (Fsp3) is 0.970. The monoisotopic (exact) mass is 578 g/mol. The van der Waals surface area contributed by atoms with Crippen LogP contribution in [0.1, 0.15) is 98.8 Å². The zero-order valence-electron chi connectivity index (χ0n) is 27.2. The second kappa shape index (κ2) is 11.8. The molecule has 39 heavy (non-hydrogen) atoms. The van der Waals surface area contributed by atoms with Gasteiger partial charge in [-0.2, -0.15) is 0 Å². The van der Waals surface area contributed by atoms with E-state index in [0.29, 0.717) is 47.2 Å². The van der Waals surface area contributed by atoms with Crippen LogP contribution in [0.3, 0.4) is 0 Å². The van der Waals surface area contributed by atoms with Gasteiger partial charge < -0.3 is 13.6 Å². The van der Waals surface area contributed by atoms with Crippen molar-refractivity contribution in [2.45, 2.75) is 149 Å². The van der Waals surface area contributed by atoms with Gasteiger partial charge in [0.1, 0.15) is 0 Å². The van der Waals surface area contributed by atoms with Crippen molar-refractivity contribution < 1.29 is 18.4 Å². The van der Waals surface area contributed by atoms with E-state index in [9.17, 15) is 4.79 Å². The lowest BCUT2D eigenvalue weighted by Crippen LogP contribution is -2.60. The number of esters is 1. The third-order valence-corrected chi connectivity index (χ3v) is 18.4. The Kier molecular flexibility index (Phi) is 9.64. The predicted octanol–water partition coefficient (Wildman–Crippen LogP) is 9.06. The normalized spacial score (nSPS) is 41.3. The molecule has 4 saturated carbocycles. The van der Waals surface area contributed by atoms with Crippen molar-refractivity contribution in [3.05, 3.63) is 0 Å². The lowest BCUT2D eigenvalue weighted by Gasteiger charge is -2.64. The Morgan fingerprint density at radius 3 is 2.13 bits per heavy atom. The maximum absolute atomic E-state index is 11.9. The summed E-state index contributed by atoms with van der Waals surface area (Å²) in [5.41, 5.74) is 0.798. The summed E-state index contributed by atoms with van der Waals surface area (Å²) in [5.74, 6) is 4.19. The molecule has 6 heteroatoms. The molecule has 0 aromatic heterocycles. The lowest BCUT2D eigenvalue weighted by atomic mass is 9.43. The Morgan fingerprint density at radius 2 is 1.49 bits per heavy atom. The average Bonchev–Trinajstić information content (AvgIpc) is 3.24. The van der Waals surface area contributed by atoms with E-state index in [1.165, 1.54) is 70.6 Å². The average molecular weight is 579 g/mol. The molecule has 4 aliphatic carbocycles. The minimum absolute atomic E-state index is 0.0544. The summed E-state index contributed by atoms with van der Waals surface area (Å²) < 4.78 is 19.2. The zero-order chi connectivity index (χ0) is 28.8. The van der Waals surface area contributed by atoms with Crippen LogP contribution in [0.5, 0.6) is 0 Å². The Balaban J connectivity index is 1.59. The first-order valence-corrected chi connectivity index (χ1v) is 22.8. The molecule has 4 aliphatic rings. The fourth-order valence-electron chi connectivity index (χ4n) is 10.0. The van der Waals surface area contributed by atoms with Gasteiger partial charge in [0.05, 0.1) is 7.11 Å². The third-order valence-electron chi connectivity index (χ3n) is 13.1. The molecule has 0 spiro atoms. The van der Waals surface area contributed by atoms with Crippen molar-refractivity contribution in [2.24, 2.45) is 46.3 Å². The SMILES string of the molecule is CC[Si](C)(C)O[C@@H]1CC[C@@]2(C)[C@H](C1)C[C@H](O[Si](C)(C)CC)[C@@H]1[C@@H]2CC[C@]2(C)[C@@H]([C@H](C)CCC(=O)OC)CC[C@@H]12. The molecule has 4 fully saturated rings. The molecule has 0 N–H and O–H groups in total. The highest BCUT2D eigenvalue weighted by molar-refractivity contribution is 6.71. The molecule has 10 atom stereocenters. The molecule has 0 amide bonds. The highest BCUT2D eigenvalue weighted by Crippen LogP contribution is 2.69. The van der Waals surface area contributed by atoms with Crippen LogP contribution in [-0.4, -0.2) is 41.9 Å². The lowest BCUT2D eigenvalue weighted by molar-refractivity contribution is -0.169. The highest BCUT2D eigenvalue weighted by Gasteiger charge is 2.63. The summed E-state index contributed by atoms with van der Waals surface area (Å²) in [6.45, 7) is 22.1. The third kappa shape index (κ3) is 6.29. The summed E-state index contributed by atoms with van der Waals surface area (Å²) in [6.07, 6.45) is 12.9. The second-order valence-corrected chi connectivity index (χ2v) is 24.9. The first-order chi connectivity index (χ1) is 18.2. The van der Waals surface area contributed by atoms with Crippen LogP contribution in [0.2, 0.25) is 38.3 Å². The molecule has 0 aromatic rings.